The maximum Gasteiger partial charge on any atom is 0.331 e. The standard InChI is InChI=1S/C30H40N2O7/c1-19(2)23-10-11-28(4,35)25-15-26(38-27(34)9-8-22-16-32(6)18-31-22)29(5)12-13-30(36-7,39-29)21(14-24(23)25)17-37-20(3)33/h8-14,16,18-19,23-26,35H,15,17H2,1-7H3/b9-8+,21-14-/t23-,24-,25-,26?,28-,29+,30-/m1/s1. The highest BCUT2D eigenvalue weighted by Gasteiger charge is 2.55. The van der Waals surface area contributed by atoms with Gasteiger partial charge in [0.2, 0.25) is 5.79 Å². The summed E-state index contributed by atoms with van der Waals surface area (Å²) in [6, 6.07) is 0. The summed E-state index contributed by atoms with van der Waals surface area (Å²) in [5, 5.41) is 11.6. The number of imidazole rings is 1. The molecule has 1 aromatic heterocycles. The lowest BCUT2D eigenvalue weighted by Crippen LogP contribution is -2.50. The van der Waals surface area contributed by atoms with Crippen LogP contribution in [0.3, 0.4) is 0 Å². The normalized spacial score (nSPS) is 37.1. The lowest BCUT2D eigenvalue weighted by molar-refractivity contribution is -0.229. The maximum absolute atomic E-state index is 13.1. The van der Waals surface area contributed by atoms with Gasteiger partial charge in [-0.2, -0.15) is 0 Å². The highest BCUT2D eigenvalue weighted by Crippen LogP contribution is 2.50. The van der Waals surface area contributed by atoms with Crippen molar-refractivity contribution in [1.82, 2.24) is 9.55 Å². The van der Waals surface area contributed by atoms with Gasteiger partial charge in [0.05, 0.1) is 17.6 Å². The van der Waals surface area contributed by atoms with E-state index in [9.17, 15) is 14.7 Å². The number of rotatable bonds is 7. The number of carbonyl (C=O) groups is 2. The number of carbonyl (C=O) groups excluding carboxylic acids is 2. The number of nitrogens with zero attached hydrogens (tertiary/aromatic N) is 2. The number of aromatic nitrogens is 2. The minimum atomic E-state index is -1.33. The van der Waals surface area contributed by atoms with Crippen molar-refractivity contribution in [2.75, 3.05) is 13.7 Å². The molecular weight excluding hydrogens is 500 g/mol. The molecule has 2 aliphatic heterocycles. The van der Waals surface area contributed by atoms with Gasteiger partial charge < -0.3 is 28.6 Å². The van der Waals surface area contributed by atoms with Gasteiger partial charge in [-0.1, -0.05) is 32.1 Å². The Bertz CT molecular complexity index is 1210. The van der Waals surface area contributed by atoms with Crippen LogP contribution in [0.5, 0.6) is 0 Å². The summed E-state index contributed by atoms with van der Waals surface area (Å²) in [5.41, 5.74) is -1.02. The van der Waals surface area contributed by atoms with Crippen LogP contribution in [0.25, 0.3) is 6.08 Å². The highest BCUT2D eigenvalue weighted by atomic mass is 16.7. The van der Waals surface area contributed by atoms with E-state index in [1.807, 2.05) is 32.2 Å². The molecule has 0 saturated carbocycles. The summed E-state index contributed by atoms with van der Waals surface area (Å²) in [4.78, 5) is 29.1. The molecule has 0 amide bonds. The minimum Gasteiger partial charge on any atom is -0.461 e. The van der Waals surface area contributed by atoms with E-state index < -0.39 is 35.0 Å². The first kappa shape index (κ1) is 29.0. The van der Waals surface area contributed by atoms with Crippen LogP contribution < -0.4 is 0 Å². The number of aliphatic hydroxyl groups is 1. The van der Waals surface area contributed by atoms with Gasteiger partial charge in [-0.3, -0.25) is 4.79 Å². The van der Waals surface area contributed by atoms with Gasteiger partial charge in [0.15, 0.2) is 0 Å². The maximum atomic E-state index is 13.1. The number of hydrogen-bond acceptors (Lipinski definition) is 8. The molecule has 0 fully saturated rings. The van der Waals surface area contributed by atoms with Gasteiger partial charge in [0.1, 0.15) is 18.3 Å². The molecule has 0 aromatic carbocycles. The van der Waals surface area contributed by atoms with E-state index in [4.69, 9.17) is 18.9 Å². The van der Waals surface area contributed by atoms with Crippen LogP contribution in [0, 0.1) is 23.7 Å². The fourth-order valence-corrected chi connectivity index (χ4v) is 5.92. The summed E-state index contributed by atoms with van der Waals surface area (Å²) in [5.74, 6) is -2.48. The zero-order chi connectivity index (χ0) is 28.6. The SMILES string of the molecule is CO[C@]12C=C[C@](C)(O1)C(OC(=O)/C=C/c1cn(C)cn1)C[C@@H]1[C@H](/C=C\2COC(C)=O)[C@@H](C(C)C)C=C[C@@]1(C)O. The summed E-state index contributed by atoms with van der Waals surface area (Å²) in [6.45, 7) is 9.19. The van der Waals surface area contributed by atoms with E-state index in [0.717, 1.165) is 0 Å². The fourth-order valence-electron chi connectivity index (χ4n) is 5.92. The van der Waals surface area contributed by atoms with Crippen molar-refractivity contribution in [3.05, 3.63) is 60.2 Å². The molecule has 2 bridgehead atoms. The van der Waals surface area contributed by atoms with E-state index >= 15 is 0 Å². The molecule has 9 nitrogen and oxygen atoms in total. The van der Waals surface area contributed by atoms with E-state index in [-0.39, 0.29) is 30.3 Å². The first-order valence-electron chi connectivity index (χ1n) is 13.4. The molecule has 1 unspecified atom stereocenters. The molecule has 0 saturated heterocycles. The number of fused-ring (bicyclic) bond motifs is 3. The number of methoxy groups -OCH3 is 1. The topological polar surface area (TPSA) is 109 Å². The molecule has 7 atom stereocenters. The van der Waals surface area contributed by atoms with Gasteiger partial charge in [-0.25, -0.2) is 9.78 Å². The van der Waals surface area contributed by atoms with E-state index in [2.05, 4.69) is 24.9 Å². The number of esters is 2. The number of hydrogen-bond donors (Lipinski definition) is 1. The average molecular weight is 541 g/mol. The Balaban J connectivity index is 1.77. The van der Waals surface area contributed by atoms with Crippen LogP contribution >= 0.6 is 0 Å². The Morgan fingerprint density at radius 3 is 2.64 bits per heavy atom. The number of aryl methyl sites for hydroxylation is 1. The monoisotopic (exact) mass is 540 g/mol. The second-order valence-electron chi connectivity index (χ2n) is 11.5. The van der Waals surface area contributed by atoms with Crippen molar-refractivity contribution in [2.24, 2.45) is 30.7 Å². The van der Waals surface area contributed by atoms with E-state index in [1.165, 1.54) is 20.1 Å². The number of ether oxygens (including phenoxy) is 4. The zero-order valence-corrected chi connectivity index (χ0v) is 23.8. The van der Waals surface area contributed by atoms with E-state index in [0.29, 0.717) is 17.7 Å². The van der Waals surface area contributed by atoms with Gasteiger partial charge in [-0.05, 0) is 56.3 Å². The molecule has 3 heterocycles. The van der Waals surface area contributed by atoms with Crippen molar-refractivity contribution in [2.45, 2.75) is 64.1 Å². The minimum absolute atomic E-state index is 0.0409. The Morgan fingerprint density at radius 1 is 1.28 bits per heavy atom. The van der Waals surface area contributed by atoms with Crippen LogP contribution in [0.1, 0.15) is 46.7 Å². The molecule has 4 rings (SSSR count). The van der Waals surface area contributed by atoms with Crippen molar-refractivity contribution in [3.8, 4) is 0 Å². The molecule has 0 spiro atoms. The second-order valence-corrected chi connectivity index (χ2v) is 11.5. The van der Waals surface area contributed by atoms with Crippen molar-refractivity contribution in [3.63, 3.8) is 0 Å². The van der Waals surface area contributed by atoms with Gasteiger partial charge in [-0.15, -0.1) is 0 Å². The average Bonchev–Trinajstić information content (AvgIpc) is 3.45. The molecule has 1 N–H and O–H groups in total. The zero-order valence-electron chi connectivity index (χ0n) is 23.8. The summed E-state index contributed by atoms with van der Waals surface area (Å²) >= 11 is 0. The molecule has 3 aliphatic rings. The third-order valence-corrected chi connectivity index (χ3v) is 8.15. The van der Waals surface area contributed by atoms with Gasteiger partial charge in [0, 0.05) is 44.8 Å². The lowest BCUT2D eigenvalue weighted by atomic mass is 9.63. The Morgan fingerprint density at radius 2 is 2.03 bits per heavy atom. The predicted octanol–water partition coefficient (Wildman–Crippen LogP) is 3.75. The fraction of sp³-hybridized carbons (Fsp3) is 0.567. The van der Waals surface area contributed by atoms with Crippen LogP contribution in [-0.4, -0.2) is 63.4 Å². The summed E-state index contributed by atoms with van der Waals surface area (Å²) < 4.78 is 25.8. The van der Waals surface area contributed by atoms with Crippen molar-refractivity contribution in [1.29, 1.82) is 0 Å². The quantitative estimate of drug-likeness (QED) is 0.316. The van der Waals surface area contributed by atoms with Crippen LogP contribution in [0.2, 0.25) is 0 Å². The smallest absolute Gasteiger partial charge is 0.331 e. The molecule has 0 radical (unpaired) electrons. The lowest BCUT2D eigenvalue weighted by Gasteiger charge is -2.45. The van der Waals surface area contributed by atoms with Crippen molar-refractivity contribution < 1.29 is 33.6 Å². The molecule has 9 heteroatoms. The largest absolute Gasteiger partial charge is 0.461 e. The van der Waals surface area contributed by atoms with Crippen LogP contribution in [-0.2, 0) is 35.6 Å². The number of allylic oxidation sites excluding steroid dienone is 2. The Labute approximate surface area is 230 Å². The predicted molar refractivity (Wildman–Crippen MR) is 145 cm³/mol. The molecule has 1 aromatic rings. The highest BCUT2D eigenvalue weighted by molar-refractivity contribution is 5.86. The summed E-state index contributed by atoms with van der Waals surface area (Å²) in [7, 11) is 3.38. The Hall–Kier alpha value is -3.01. The van der Waals surface area contributed by atoms with Crippen LogP contribution in [0.15, 0.2) is 54.6 Å². The first-order valence-corrected chi connectivity index (χ1v) is 13.4. The van der Waals surface area contributed by atoms with E-state index in [1.54, 1.807) is 36.2 Å². The summed E-state index contributed by atoms with van der Waals surface area (Å²) in [6.07, 6.45) is 15.5. The van der Waals surface area contributed by atoms with Gasteiger partial charge in [0.25, 0.3) is 0 Å². The third kappa shape index (κ3) is 5.95. The van der Waals surface area contributed by atoms with Crippen molar-refractivity contribution >= 4 is 18.0 Å². The third-order valence-electron chi connectivity index (χ3n) is 8.15. The van der Waals surface area contributed by atoms with Crippen LogP contribution in [0.4, 0.5) is 0 Å². The van der Waals surface area contributed by atoms with Gasteiger partial charge >= 0.3 is 11.9 Å². The molecule has 1 aliphatic carbocycles. The first-order chi connectivity index (χ1) is 18.3. The Kier molecular flexibility index (Phi) is 8.08. The molecular formula is C30H40N2O7. The molecule has 212 valence electrons. The molecule has 39 heavy (non-hydrogen) atoms. The second kappa shape index (κ2) is 10.9.